The van der Waals surface area contributed by atoms with Gasteiger partial charge in [-0.25, -0.2) is 17.2 Å². The standard InChI is InChI=1S/C20H16ClF2NO2S/c1-14-10-11-16(12-19(14)23)24(13-15-6-2-4-8-18(15)22)27(25,26)20-9-5-3-7-17(20)21/h2-12H,13H2,1H3. The van der Waals surface area contributed by atoms with Gasteiger partial charge in [-0.2, -0.15) is 0 Å². The highest BCUT2D eigenvalue weighted by Gasteiger charge is 2.28. The average Bonchev–Trinajstić information content (AvgIpc) is 2.63. The van der Waals surface area contributed by atoms with Crippen LogP contribution in [0.4, 0.5) is 14.5 Å². The highest BCUT2D eigenvalue weighted by atomic mass is 35.5. The minimum Gasteiger partial charge on any atom is -0.262 e. The second-order valence-corrected chi connectivity index (χ2v) is 8.20. The highest BCUT2D eigenvalue weighted by Crippen LogP contribution is 2.31. The number of hydrogen-bond donors (Lipinski definition) is 0. The molecule has 0 unspecified atom stereocenters. The van der Waals surface area contributed by atoms with E-state index in [1.165, 1.54) is 48.5 Å². The van der Waals surface area contributed by atoms with Crippen molar-refractivity contribution in [3.05, 3.63) is 94.5 Å². The molecule has 0 aliphatic rings. The van der Waals surface area contributed by atoms with Crippen molar-refractivity contribution in [2.75, 3.05) is 4.31 Å². The third-order valence-electron chi connectivity index (χ3n) is 4.12. The van der Waals surface area contributed by atoms with Crippen LogP contribution in [-0.2, 0) is 16.6 Å². The number of anilines is 1. The molecule has 0 radical (unpaired) electrons. The molecule has 0 atom stereocenters. The fourth-order valence-electron chi connectivity index (χ4n) is 2.61. The molecule has 0 aromatic heterocycles. The van der Waals surface area contributed by atoms with Crippen LogP contribution in [0.5, 0.6) is 0 Å². The van der Waals surface area contributed by atoms with Gasteiger partial charge in [0.1, 0.15) is 16.5 Å². The van der Waals surface area contributed by atoms with Gasteiger partial charge in [0.05, 0.1) is 17.3 Å². The predicted octanol–water partition coefficient (Wildman–Crippen LogP) is 5.32. The first-order valence-corrected chi connectivity index (χ1v) is 9.89. The van der Waals surface area contributed by atoms with Crippen LogP contribution in [-0.4, -0.2) is 8.42 Å². The Labute approximate surface area is 161 Å². The molecule has 0 heterocycles. The Morgan fingerprint density at radius 3 is 2.26 bits per heavy atom. The number of aryl methyl sites for hydroxylation is 1. The molecule has 3 rings (SSSR count). The first kappa shape index (κ1) is 19.3. The Morgan fingerprint density at radius 2 is 1.59 bits per heavy atom. The topological polar surface area (TPSA) is 37.4 Å². The van der Waals surface area contributed by atoms with E-state index < -0.39 is 21.7 Å². The van der Waals surface area contributed by atoms with E-state index in [1.807, 2.05) is 0 Å². The maximum atomic E-state index is 14.2. The molecule has 0 saturated heterocycles. The van der Waals surface area contributed by atoms with Crippen LogP contribution in [0.3, 0.4) is 0 Å². The van der Waals surface area contributed by atoms with Crippen LogP contribution < -0.4 is 4.31 Å². The van der Waals surface area contributed by atoms with Crippen molar-refractivity contribution < 1.29 is 17.2 Å². The summed E-state index contributed by atoms with van der Waals surface area (Å²) in [5, 5.41) is 0.0311. The van der Waals surface area contributed by atoms with Gasteiger partial charge in [-0.05, 0) is 42.8 Å². The molecule has 0 spiro atoms. The second kappa shape index (κ2) is 7.66. The zero-order valence-corrected chi connectivity index (χ0v) is 15.9. The molecular formula is C20H16ClF2NO2S. The molecule has 0 amide bonds. The number of sulfonamides is 1. The summed E-state index contributed by atoms with van der Waals surface area (Å²) >= 11 is 6.08. The van der Waals surface area contributed by atoms with Gasteiger partial charge in [0, 0.05) is 5.56 Å². The van der Waals surface area contributed by atoms with Crippen molar-refractivity contribution in [1.29, 1.82) is 0 Å². The summed E-state index contributed by atoms with van der Waals surface area (Å²) < 4.78 is 55.7. The van der Waals surface area contributed by atoms with Crippen LogP contribution in [0.15, 0.2) is 71.6 Å². The Morgan fingerprint density at radius 1 is 0.926 bits per heavy atom. The zero-order valence-electron chi connectivity index (χ0n) is 14.4. The van der Waals surface area contributed by atoms with Crippen molar-refractivity contribution in [3.63, 3.8) is 0 Å². The van der Waals surface area contributed by atoms with Gasteiger partial charge in [-0.1, -0.05) is 48.0 Å². The van der Waals surface area contributed by atoms with E-state index >= 15 is 0 Å². The molecule has 3 aromatic rings. The number of benzene rings is 3. The predicted molar refractivity (Wildman–Crippen MR) is 102 cm³/mol. The van der Waals surface area contributed by atoms with Crippen molar-refractivity contribution >= 4 is 27.3 Å². The summed E-state index contributed by atoms with van der Waals surface area (Å²) in [5.41, 5.74) is 0.620. The first-order valence-electron chi connectivity index (χ1n) is 8.07. The van der Waals surface area contributed by atoms with Gasteiger partial charge >= 0.3 is 0 Å². The molecule has 0 saturated carbocycles. The van der Waals surface area contributed by atoms with Gasteiger partial charge in [0.15, 0.2) is 0 Å². The number of hydrogen-bond acceptors (Lipinski definition) is 2. The van der Waals surface area contributed by atoms with E-state index in [-0.39, 0.29) is 27.7 Å². The molecule has 27 heavy (non-hydrogen) atoms. The van der Waals surface area contributed by atoms with Gasteiger partial charge in [-0.3, -0.25) is 4.31 Å². The van der Waals surface area contributed by atoms with Crippen molar-refractivity contribution in [2.45, 2.75) is 18.4 Å². The Bertz CT molecular complexity index is 1090. The maximum Gasteiger partial charge on any atom is 0.266 e. The van der Waals surface area contributed by atoms with E-state index in [9.17, 15) is 17.2 Å². The Hall–Kier alpha value is -2.44. The monoisotopic (exact) mass is 407 g/mol. The summed E-state index contributed by atoms with van der Waals surface area (Å²) in [4.78, 5) is -0.135. The zero-order chi connectivity index (χ0) is 19.6. The molecule has 0 fully saturated rings. The van der Waals surface area contributed by atoms with E-state index in [2.05, 4.69) is 0 Å². The molecule has 7 heteroatoms. The average molecular weight is 408 g/mol. The highest BCUT2D eigenvalue weighted by molar-refractivity contribution is 7.93. The first-order chi connectivity index (χ1) is 12.8. The molecular weight excluding hydrogens is 392 g/mol. The normalized spacial score (nSPS) is 11.4. The summed E-state index contributed by atoms with van der Waals surface area (Å²) in [6, 6.07) is 15.9. The van der Waals surface area contributed by atoms with E-state index in [4.69, 9.17) is 11.6 Å². The summed E-state index contributed by atoms with van der Waals surface area (Å²) in [6.45, 7) is 1.27. The van der Waals surface area contributed by atoms with Gasteiger partial charge in [-0.15, -0.1) is 0 Å². The molecule has 0 bridgehead atoms. The van der Waals surface area contributed by atoms with Crippen LogP contribution in [0.1, 0.15) is 11.1 Å². The lowest BCUT2D eigenvalue weighted by atomic mass is 10.2. The Kier molecular flexibility index (Phi) is 5.48. The number of nitrogens with zero attached hydrogens (tertiary/aromatic N) is 1. The fourth-order valence-corrected chi connectivity index (χ4v) is 4.54. The lowest BCUT2D eigenvalue weighted by Crippen LogP contribution is -2.31. The largest absolute Gasteiger partial charge is 0.266 e. The quantitative estimate of drug-likeness (QED) is 0.573. The van der Waals surface area contributed by atoms with Gasteiger partial charge in [0.2, 0.25) is 0 Å². The van der Waals surface area contributed by atoms with Crippen LogP contribution in [0.2, 0.25) is 5.02 Å². The number of halogens is 3. The molecule has 0 aliphatic heterocycles. The number of rotatable bonds is 5. The second-order valence-electron chi connectivity index (χ2n) is 5.97. The molecule has 0 aliphatic carbocycles. The van der Waals surface area contributed by atoms with Gasteiger partial charge < -0.3 is 0 Å². The third kappa shape index (κ3) is 3.96. The minimum atomic E-state index is -4.16. The summed E-state index contributed by atoms with van der Waals surface area (Å²) in [7, 11) is -4.16. The van der Waals surface area contributed by atoms with Crippen molar-refractivity contribution in [3.8, 4) is 0 Å². The van der Waals surface area contributed by atoms with E-state index in [1.54, 1.807) is 19.1 Å². The summed E-state index contributed by atoms with van der Waals surface area (Å²) in [6.07, 6.45) is 0. The van der Waals surface area contributed by atoms with Crippen LogP contribution in [0.25, 0.3) is 0 Å². The SMILES string of the molecule is Cc1ccc(N(Cc2ccccc2F)S(=O)(=O)c2ccccc2Cl)cc1F. The smallest absolute Gasteiger partial charge is 0.262 e. The third-order valence-corrected chi connectivity index (χ3v) is 6.39. The van der Waals surface area contributed by atoms with Crippen LogP contribution in [0, 0.1) is 18.6 Å². The molecule has 3 aromatic carbocycles. The fraction of sp³-hybridized carbons (Fsp3) is 0.100. The lowest BCUT2D eigenvalue weighted by molar-refractivity contribution is 0.584. The van der Waals surface area contributed by atoms with Crippen LogP contribution >= 0.6 is 11.6 Å². The van der Waals surface area contributed by atoms with Gasteiger partial charge in [0.25, 0.3) is 10.0 Å². The van der Waals surface area contributed by atoms with E-state index in [0.29, 0.717) is 5.56 Å². The van der Waals surface area contributed by atoms with Crippen molar-refractivity contribution in [1.82, 2.24) is 0 Å². The summed E-state index contributed by atoms with van der Waals surface area (Å²) in [5.74, 6) is -1.11. The maximum absolute atomic E-state index is 14.2. The molecule has 140 valence electrons. The minimum absolute atomic E-state index is 0.0311. The van der Waals surface area contributed by atoms with E-state index in [0.717, 1.165) is 10.4 Å². The molecule has 3 nitrogen and oxygen atoms in total. The van der Waals surface area contributed by atoms with Crippen molar-refractivity contribution in [2.24, 2.45) is 0 Å². The Balaban J connectivity index is 2.16. The lowest BCUT2D eigenvalue weighted by Gasteiger charge is -2.25. The molecule has 0 N–H and O–H groups in total.